The van der Waals surface area contributed by atoms with Crippen LogP contribution in [0.4, 0.5) is 13.2 Å². The molecule has 4 rings (SSSR count). The highest BCUT2D eigenvalue weighted by Gasteiger charge is 2.38. The third kappa shape index (κ3) is 4.45. The van der Waals surface area contributed by atoms with Gasteiger partial charge in [0.1, 0.15) is 5.69 Å². The number of halogens is 3. The molecule has 7 nitrogen and oxygen atoms in total. The molecule has 1 aromatic carbocycles. The number of aromatic nitrogens is 2. The van der Waals surface area contributed by atoms with Crippen LogP contribution in [0.2, 0.25) is 0 Å². The second kappa shape index (κ2) is 8.85. The van der Waals surface area contributed by atoms with Gasteiger partial charge >= 0.3 is 12.1 Å². The first kappa shape index (κ1) is 23.6. The summed E-state index contributed by atoms with van der Waals surface area (Å²) in [5.41, 5.74) is 4.32. The van der Waals surface area contributed by atoms with Crippen molar-refractivity contribution in [2.24, 2.45) is 7.05 Å². The Kier molecular flexibility index (Phi) is 6.54. The molecular weight excluding hydrogens is 425 g/mol. The minimum Gasteiger partial charge on any atom is -0.475 e. The Morgan fingerprint density at radius 2 is 1.56 bits per heavy atom. The quantitative estimate of drug-likeness (QED) is 0.643. The maximum absolute atomic E-state index is 13.2. The monoisotopic (exact) mass is 452 g/mol. The third-order valence-corrected chi connectivity index (χ3v) is 5.67. The Morgan fingerprint density at radius 1 is 1.00 bits per heavy atom. The number of amides is 1. The minimum atomic E-state index is -5.08. The number of para-hydroxylation sites is 1. The van der Waals surface area contributed by atoms with E-state index < -0.39 is 12.1 Å². The van der Waals surface area contributed by atoms with E-state index in [4.69, 9.17) is 9.90 Å². The molecule has 1 saturated heterocycles. The predicted molar refractivity (Wildman–Crippen MR) is 116 cm³/mol. The van der Waals surface area contributed by atoms with Crippen LogP contribution in [0, 0.1) is 0 Å². The smallest absolute Gasteiger partial charge is 0.475 e. The van der Waals surface area contributed by atoms with Gasteiger partial charge in [0.05, 0.1) is 16.6 Å². The topological polar surface area (TPSA) is 70.7 Å². The van der Waals surface area contributed by atoms with E-state index in [1.165, 1.54) is 16.4 Å². The number of rotatable bonds is 2. The van der Waals surface area contributed by atoms with Crippen LogP contribution < -0.4 is 0 Å². The van der Waals surface area contributed by atoms with Gasteiger partial charge in [-0.3, -0.25) is 4.79 Å². The second-order valence-corrected chi connectivity index (χ2v) is 8.20. The van der Waals surface area contributed by atoms with Crippen LogP contribution in [-0.2, 0) is 11.8 Å². The summed E-state index contributed by atoms with van der Waals surface area (Å²) < 4.78 is 36.2. The standard InChI is InChI=1S/C20H26N4O.C2HF3O2/c1-14(2)24-18(20(25)23-11-9-21(3)10-12-23)13-17-19(24)15-7-5-6-8-16(15)22(17)4;3-2(4,5)1(6)7/h5-8,13-14H,9-12H2,1-4H3;(H,6,7). The van der Waals surface area contributed by atoms with Crippen LogP contribution >= 0.6 is 0 Å². The summed E-state index contributed by atoms with van der Waals surface area (Å²) in [5, 5.41) is 8.34. The van der Waals surface area contributed by atoms with Gasteiger partial charge in [0.15, 0.2) is 0 Å². The summed E-state index contributed by atoms with van der Waals surface area (Å²) in [6.07, 6.45) is -5.08. The SMILES string of the molecule is CC(C)n1c(C(=O)N2CCN(C)CC2)cc2c1c1ccccc1n2C.O=C(O)C(F)(F)F. The molecule has 1 amide bonds. The first-order valence-corrected chi connectivity index (χ1v) is 10.3. The lowest BCUT2D eigenvalue weighted by atomic mass is 10.2. The first-order chi connectivity index (χ1) is 14.9. The van der Waals surface area contributed by atoms with Gasteiger partial charge in [-0.25, -0.2) is 4.79 Å². The van der Waals surface area contributed by atoms with E-state index in [2.05, 4.69) is 72.3 Å². The molecule has 0 spiro atoms. The van der Waals surface area contributed by atoms with Crippen molar-refractivity contribution in [1.29, 1.82) is 0 Å². The largest absolute Gasteiger partial charge is 0.490 e. The number of aliphatic carboxylic acids is 1. The second-order valence-electron chi connectivity index (χ2n) is 8.20. The molecule has 0 radical (unpaired) electrons. The predicted octanol–water partition coefficient (Wildman–Crippen LogP) is 3.73. The fourth-order valence-electron chi connectivity index (χ4n) is 4.00. The molecule has 0 aliphatic carbocycles. The Balaban J connectivity index is 0.000000360. The van der Waals surface area contributed by atoms with E-state index >= 15 is 0 Å². The molecule has 1 aliphatic rings. The number of fused-ring (bicyclic) bond motifs is 3. The molecule has 0 saturated carbocycles. The summed E-state index contributed by atoms with van der Waals surface area (Å²) in [5.74, 6) is -2.60. The lowest BCUT2D eigenvalue weighted by Gasteiger charge is -2.32. The maximum atomic E-state index is 13.2. The van der Waals surface area contributed by atoms with Gasteiger partial charge < -0.3 is 24.0 Å². The van der Waals surface area contributed by atoms with Gasteiger partial charge in [0.25, 0.3) is 5.91 Å². The zero-order valence-electron chi connectivity index (χ0n) is 18.5. The molecule has 0 unspecified atom stereocenters. The molecule has 0 bridgehead atoms. The molecule has 10 heteroatoms. The summed E-state index contributed by atoms with van der Waals surface area (Å²) >= 11 is 0. The molecule has 174 valence electrons. The van der Waals surface area contributed by atoms with E-state index in [9.17, 15) is 18.0 Å². The summed E-state index contributed by atoms with van der Waals surface area (Å²) in [6, 6.07) is 10.7. The molecule has 1 fully saturated rings. The molecule has 3 heterocycles. The van der Waals surface area contributed by atoms with Crippen molar-refractivity contribution >= 4 is 33.8 Å². The molecular formula is C22H27F3N4O3. The van der Waals surface area contributed by atoms with Crippen LogP contribution in [-0.4, -0.2) is 75.3 Å². The number of carboxylic acid groups (broad SMARTS) is 1. The van der Waals surface area contributed by atoms with Crippen molar-refractivity contribution < 1.29 is 27.9 Å². The molecule has 0 atom stereocenters. The van der Waals surface area contributed by atoms with Crippen LogP contribution in [0.15, 0.2) is 30.3 Å². The number of hydrogen-bond acceptors (Lipinski definition) is 3. The summed E-state index contributed by atoms with van der Waals surface area (Å²) in [6.45, 7) is 7.79. The zero-order chi connectivity index (χ0) is 23.8. The number of carbonyl (C=O) groups excluding carboxylic acids is 1. The summed E-state index contributed by atoms with van der Waals surface area (Å²) in [7, 11) is 4.19. The molecule has 2 aromatic heterocycles. The summed E-state index contributed by atoms with van der Waals surface area (Å²) in [4.78, 5) is 26.4. The van der Waals surface area contributed by atoms with Crippen LogP contribution in [0.25, 0.3) is 21.9 Å². The number of carboxylic acids is 1. The van der Waals surface area contributed by atoms with Gasteiger partial charge in [0.2, 0.25) is 0 Å². The van der Waals surface area contributed by atoms with E-state index in [1.807, 2.05) is 4.90 Å². The lowest BCUT2D eigenvalue weighted by Crippen LogP contribution is -2.47. The first-order valence-electron chi connectivity index (χ1n) is 10.3. The molecule has 1 aliphatic heterocycles. The number of aryl methyl sites for hydroxylation is 1. The third-order valence-electron chi connectivity index (χ3n) is 5.67. The highest BCUT2D eigenvalue weighted by Crippen LogP contribution is 2.33. The fraction of sp³-hybridized carbons (Fsp3) is 0.455. The number of nitrogens with zero attached hydrogens (tertiary/aromatic N) is 4. The van der Waals surface area contributed by atoms with Gasteiger partial charge in [-0.15, -0.1) is 0 Å². The average Bonchev–Trinajstić information content (AvgIpc) is 3.25. The van der Waals surface area contributed by atoms with Gasteiger partial charge in [-0.2, -0.15) is 13.2 Å². The number of hydrogen-bond donors (Lipinski definition) is 1. The van der Waals surface area contributed by atoms with Crippen molar-refractivity contribution in [2.75, 3.05) is 33.2 Å². The number of alkyl halides is 3. The van der Waals surface area contributed by atoms with Crippen molar-refractivity contribution in [2.45, 2.75) is 26.1 Å². The number of benzene rings is 1. The van der Waals surface area contributed by atoms with Gasteiger partial charge in [-0.05, 0) is 33.0 Å². The highest BCUT2D eigenvalue weighted by atomic mass is 19.4. The Bertz CT molecular complexity index is 1140. The van der Waals surface area contributed by atoms with Crippen molar-refractivity contribution in [1.82, 2.24) is 18.9 Å². The van der Waals surface area contributed by atoms with Gasteiger partial charge in [-0.1, -0.05) is 18.2 Å². The maximum Gasteiger partial charge on any atom is 0.490 e. The average molecular weight is 452 g/mol. The fourth-order valence-corrected chi connectivity index (χ4v) is 4.00. The van der Waals surface area contributed by atoms with Crippen molar-refractivity contribution in [3.63, 3.8) is 0 Å². The van der Waals surface area contributed by atoms with E-state index in [0.717, 1.165) is 37.4 Å². The molecule has 3 aromatic rings. The Hall–Kier alpha value is -3.01. The number of likely N-dealkylation sites (N-methyl/N-ethyl adjacent to an activating group) is 1. The van der Waals surface area contributed by atoms with Gasteiger partial charge in [0, 0.05) is 44.7 Å². The van der Waals surface area contributed by atoms with Crippen molar-refractivity contribution in [3.05, 3.63) is 36.0 Å². The van der Waals surface area contributed by atoms with Crippen LogP contribution in [0.1, 0.15) is 30.4 Å². The number of carbonyl (C=O) groups is 2. The van der Waals surface area contributed by atoms with Crippen LogP contribution in [0.3, 0.4) is 0 Å². The highest BCUT2D eigenvalue weighted by molar-refractivity contribution is 6.10. The number of piperazine rings is 1. The Morgan fingerprint density at radius 3 is 2.09 bits per heavy atom. The molecule has 32 heavy (non-hydrogen) atoms. The Labute approximate surface area is 183 Å². The molecule has 1 N–H and O–H groups in total. The normalized spacial score (nSPS) is 15.3. The minimum absolute atomic E-state index is 0.155. The zero-order valence-corrected chi connectivity index (χ0v) is 18.5. The van der Waals surface area contributed by atoms with E-state index in [-0.39, 0.29) is 11.9 Å². The lowest BCUT2D eigenvalue weighted by molar-refractivity contribution is -0.192. The van der Waals surface area contributed by atoms with Crippen LogP contribution in [0.5, 0.6) is 0 Å². The van der Waals surface area contributed by atoms with E-state index in [0.29, 0.717) is 0 Å². The van der Waals surface area contributed by atoms with E-state index in [1.54, 1.807) is 0 Å². The van der Waals surface area contributed by atoms with Crippen molar-refractivity contribution in [3.8, 4) is 0 Å².